The molecule has 0 bridgehead atoms. The molecule has 1 aliphatic carbocycles. The van der Waals surface area contributed by atoms with Gasteiger partial charge < -0.3 is 20.1 Å². The Morgan fingerprint density at radius 3 is 2.88 bits per heavy atom. The van der Waals surface area contributed by atoms with E-state index in [-0.39, 0.29) is 23.9 Å². The van der Waals surface area contributed by atoms with Crippen LogP contribution in [0.25, 0.3) is 27.7 Å². The van der Waals surface area contributed by atoms with Crippen molar-refractivity contribution in [1.82, 2.24) is 20.2 Å². The number of aliphatic hydroxyl groups is 1. The highest BCUT2D eigenvalue weighted by molar-refractivity contribution is 5.96. The van der Waals surface area contributed by atoms with Crippen molar-refractivity contribution in [3.05, 3.63) is 54.1 Å². The molecule has 3 aromatic rings. The van der Waals surface area contributed by atoms with Crippen molar-refractivity contribution in [2.24, 2.45) is 0 Å². The van der Waals surface area contributed by atoms with E-state index in [1.807, 2.05) is 6.07 Å². The normalized spacial score (nSPS) is 20.9. The fourth-order valence-corrected chi connectivity index (χ4v) is 4.61. The number of fused-ring (bicyclic) bond motifs is 1. The number of pyridine rings is 1. The zero-order valence-electron chi connectivity index (χ0n) is 18.5. The Labute approximate surface area is 191 Å². The highest BCUT2D eigenvalue weighted by Crippen LogP contribution is 2.36. The molecular weight excluding hydrogens is 423 g/mol. The lowest BCUT2D eigenvalue weighted by molar-refractivity contribution is -0.124. The molecule has 7 nitrogen and oxygen atoms in total. The second-order valence-corrected chi connectivity index (χ2v) is 8.75. The van der Waals surface area contributed by atoms with Gasteiger partial charge in [0, 0.05) is 42.0 Å². The topological polar surface area (TPSA) is 90.5 Å². The molecule has 3 heterocycles. The van der Waals surface area contributed by atoms with Gasteiger partial charge in [0.05, 0.1) is 19.8 Å². The number of ether oxygens (including phenoxy) is 1. The van der Waals surface area contributed by atoms with E-state index < -0.39 is 0 Å². The van der Waals surface area contributed by atoms with Crippen molar-refractivity contribution >= 4 is 22.5 Å². The molecule has 0 spiro atoms. The molecule has 0 radical (unpaired) electrons. The van der Waals surface area contributed by atoms with Crippen LogP contribution in [-0.4, -0.2) is 64.8 Å². The number of hydrogen-bond acceptors (Lipinski definition) is 5. The van der Waals surface area contributed by atoms with E-state index in [9.17, 15) is 14.3 Å². The summed E-state index contributed by atoms with van der Waals surface area (Å²) in [5.41, 5.74) is 4.43. The van der Waals surface area contributed by atoms with Crippen LogP contribution in [0.4, 0.5) is 4.39 Å². The number of benzene rings is 1. The van der Waals surface area contributed by atoms with E-state index in [1.54, 1.807) is 19.4 Å². The Hall–Kier alpha value is -3.23. The molecule has 1 aromatic carbocycles. The maximum Gasteiger partial charge on any atom is 0.234 e. The molecule has 0 saturated heterocycles. The molecule has 0 unspecified atom stereocenters. The van der Waals surface area contributed by atoms with E-state index >= 15 is 0 Å². The summed E-state index contributed by atoms with van der Waals surface area (Å²) < 4.78 is 19.4. The van der Waals surface area contributed by atoms with Gasteiger partial charge in [-0.3, -0.25) is 9.69 Å². The minimum absolute atomic E-state index is 0.00671. The largest absolute Gasteiger partial charge is 0.496 e. The van der Waals surface area contributed by atoms with Gasteiger partial charge in [-0.15, -0.1) is 0 Å². The van der Waals surface area contributed by atoms with Crippen LogP contribution in [0.15, 0.2) is 42.6 Å². The third-order valence-electron chi connectivity index (χ3n) is 6.47. The Bertz CT molecular complexity index is 1220. The Morgan fingerprint density at radius 2 is 2.15 bits per heavy atom. The first-order valence-corrected chi connectivity index (χ1v) is 11.2. The number of carbonyl (C=O) groups is 1. The van der Waals surface area contributed by atoms with Crippen molar-refractivity contribution in [2.45, 2.75) is 31.4 Å². The van der Waals surface area contributed by atoms with Crippen molar-refractivity contribution in [2.75, 3.05) is 26.7 Å². The zero-order chi connectivity index (χ0) is 22.9. The number of halogens is 1. The zero-order valence-corrected chi connectivity index (χ0v) is 18.5. The first-order valence-electron chi connectivity index (χ1n) is 11.2. The van der Waals surface area contributed by atoms with Gasteiger partial charge in [0.15, 0.2) is 0 Å². The third kappa shape index (κ3) is 4.49. The molecule has 2 aromatic heterocycles. The number of aromatic nitrogens is 2. The van der Waals surface area contributed by atoms with E-state index in [2.05, 4.69) is 32.3 Å². The fourth-order valence-electron chi connectivity index (χ4n) is 4.61. The van der Waals surface area contributed by atoms with Gasteiger partial charge in [-0.2, -0.15) is 0 Å². The lowest BCUT2D eigenvalue weighted by atomic mass is 9.89. The first kappa shape index (κ1) is 21.6. The van der Waals surface area contributed by atoms with Crippen LogP contribution in [0.5, 0.6) is 5.75 Å². The van der Waals surface area contributed by atoms with Crippen LogP contribution in [-0.2, 0) is 4.79 Å². The highest BCUT2D eigenvalue weighted by atomic mass is 19.1. The predicted octanol–water partition coefficient (Wildman–Crippen LogP) is 3.11. The molecule has 8 heteroatoms. The second kappa shape index (κ2) is 8.96. The number of H-pyrrole nitrogens is 1. The average molecular weight is 451 g/mol. The summed E-state index contributed by atoms with van der Waals surface area (Å²) in [5.74, 6) is 0.292. The number of methoxy groups -OCH3 is 1. The monoisotopic (exact) mass is 450 g/mol. The molecule has 1 fully saturated rings. The fraction of sp³-hybridized carbons (Fsp3) is 0.360. The maximum absolute atomic E-state index is 14.0. The van der Waals surface area contributed by atoms with Crippen molar-refractivity contribution in [3.8, 4) is 16.9 Å². The summed E-state index contributed by atoms with van der Waals surface area (Å²) in [6, 6.07) is 8.52. The molecule has 2 aliphatic rings. The summed E-state index contributed by atoms with van der Waals surface area (Å²) >= 11 is 0. The van der Waals surface area contributed by atoms with Crippen LogP contribution >= 0.6 is 0 Å². The van der Waals surface area contributed by atoms with E-state index in [4.69, 9.17) is 4.74 Å². The van der Waals surface area contributed by atoms with Crippen LogP contribution < -0.4 is 10.1 Å². The van der Waals surface area contributed by atoms with Gasteiger partial charge >= 0.3 is 0 Å². The number of nitrogens with one attached hydrogen (secondary N) is 2. The number of nitrogens with zero attached hydrogens (tertiary/aromatic N) is 2. The van der Waals surface area contributed by atoms with Gasteiger partial charge in [0.2, 0.25) is 5.91 Å². The average Bonchev–Trinajstić information content (AvgIpc) is 3.23. The molecule has 33 heavy (non-hydrogen) atoms. The Morgan fingerprint density at radius 1 is 1.30 bits per heavy atom. The summed E-state index contributed by atoms with van der Waals surface area (Å²) in [6.07, 6.45) is 5.67. The quantitative estimate of drug-likeness (QED) is 0.537. The van der Waals surface area contributed by atoms with Crippen LogP contribution in [0, 0.1) is 5.82 Å². The van der Waals surface area contributed by atoms with Crippen molar-refractivity contribution in [1.29, 1.82) is 0 Å². The second-order valence-electron chi connectivity index (χ2n) is 8.75. The SMILES string of the molecule is COc1ccc(F)cc1-c1ccnc2[nH]c(C3=CCN(CC(=O)NC4CC(O)C4)CC3)cc12. The predicted molar refractivity (Wildman–Crippen MR) is 124 cm³/mol. The molecule has 0 atom stereocenters. The molecule has 1 aliphatic heterocycles. The molecule has 3 N–H and O–H groups in total. The van der Waals surface area contributed by atoms with Crippen LogP contribution in [0.2, 0.25) is 0 Å². The lowest BCUT2D eigenvalue weighted by Crippen LogP contribution is -2.50. The smallest absolute Gasteiger partial charge is 0.234 e. The number of hydrogen-bond donors (Lipinski definition) is 3. The standard InChI is InChI=1S/C25H27FN4O3/c1-33-23-3-2-16(26)10-20(23)19-4-7-27-25-21(19)13-22(29-25)15-5-8-30(9-6-15)14-24(32)28-17-11-18(31)12-17/h2-5,7,10,13,17-18,31H,6,8-9,11-12,14H2,1H3,(H,27,29)(H,28,32). The van der Waals surface area contributed by atoms with Crippen molar-refractivity contribution in [3.63, 3.8) is 0 Å². The molecule has 172 valence electrons. The van der Waals surface area contributed by atoms with Gasteiger partial charge in [-0.05, 0) is 60.7 Å². The van der Waals surface area contributed by atoms with Gasteiger partial charge in [0.25, 0.3) is 0 Å². The summed E-state index contributed by atoms with van der Waals surface area (Å²) in [4.78, 5) is 22.2. The summed E-state index contributed by atoms with van der Waals surface area (Å²) in [6.45, 7) is 1.82. The maximum atomic E-state index is 14.0. The van der Waals surface area contributed by atoms with Gasteiger partial charge in [-0.25, -0.2) is 9.37 Å². The molecular formula is C25H27FN4O3. The highest BCUT2D eigenvalue weighted by Gasteiger charge is 2.29. The van der Waals surface area contributed by atoms with Gasteiger partial charge in [0.1, 0.15) is 17.2 Å². The Balaban J connectivity index is 1.33. The number of aliphatic hydroxyl groups excluding tert-OH is 1. The Kier molecular flexibility index (Phi) is 5.86. The van der Waals surface area contributed by atoms with E-state index in [0.717, 1.165) is 35.3 Å². The van der Waals surface area contributed by atoms with E-state index in [1.165, 1.54) is 17.7 Å². The minimum atomic E-state index is -0.320. The van der Waals surface area contributed by atoms with E-state index in [0.29, 0.717) is 37.2 Å². The third-order valence-corrected chi connectivity index (χ3v) is 6.47. The number of rotatable bonds is 6. The minimum Gasteiger partial charge on any atom is -0.496 e. The summed E-state index contributed by atoms with van der Waals surface area (Å²) in [5, 5.41) is 13.2. The first-order chi connectivity index (χ1) is 16.0. The summed E-state index contributed by atoms with van der Waals surface area (Å²) in [7, 11) is 1.58. The van der Waals surface area contributed by atoms with Crippen LogP contribution in [0.3, 0.4) is 0 Å². The number of carbonyl (C=O) groups excluding carboxylic acids is 1. The lowest BCUT2D eigenvalue weighted by Gasteiger charge is -2.33. The molecule has 5 rings (SSSR count). The number of amides is 1. The molecule has 1 amide bonds. The van der Waals surface area contributed by atoms with Crippen LogP contribution in [0.1, 0.15) is 25.0 Å². The van der Waals surface area contributed by atoms with Crippen molar-refractivity contribution < 1.29 is 19.0 Å². The molecule has 1 saturated carbocycles. The number of aromatic amines is 1. The van der Waals surface area contributed by atoms with Gasteiger partial charge in [-0.1, -0.05) is 6.08 Å².